The number of esters is 1. The molecule has 0 radical (unpaired) electrons. The van der Waals surface area contributed by atoms with Crippen LogP contribution in [0, 0.1) is 0 Å². The fourth-order valence-electron chi connectivity index (χ4n) is 2.32. The van der Waals surface area contributed by atoms with Crippen molar-refractivity contribution < 1.29 is 14.6 Å². The number of benzene rings is 2. The van der Waals surface area contributed by atoms with Gasteiger partial charge in [-0.05, 0) is 24.3 Å². The number of carbonyl (C=O) groups excluding carboxylic acids is 1. The van der Waals surface area contributed by atoms with Crippen molar-refractivity contribution in [3.63, 3.8) is 0 Å². The van der Waals surface area contributed by atoms with Crippen LogP contribution in [0.1, 0.15) is 18.1 Å². The molecule has 23 heavy (non-hydrogen) atoms. The molecule has 0 fully saturated rings. The van der Waals surface area contributed by atoms with Crippen molar-refractivity contribution in [1.82, 2.24) is 5.32 Å². The number of nitrogens with one attached hydrogen (secondary N) is 1. The summed E-state index contributed by atoms with van der Waals surface area (Å²) < 4.78 is 5.43. The topological polar surface area (TPSA) is 58.6 Å². The highest BCUT2D eigenvalue weighted by atomic mass is 16.6. The molecule has 0 saturated carbocycles. The van der Waals surface area contributed by atoms with Crippen molar-refractivity contribution in [1.29, 1.82) is 0 Å². The summed E-state index contributed by atoms with van der Waals surface area (Å²) in [6.07, 6.45) is 1.13. The second kappa shape index (κ2) is 7.61. The third kappa shape index (κ3) is 3.79. The van der Waals surface area contributed by atoms with E-state index in [1.165, 1.54) is 6.20 Å². The predicted molar refractivity (Wildman–Crippen MR) is 89.6 cm³/mol. The molecule has 1 atom stereocenters. The molecular weight excluding hydrogens is 290 g/mol. The Kier molecular flexibility index (Phi) is 5.55. The van der Waals surface area contributed by atoms with E-state index in [9.17, 15) is 9.90 Å². The summed E-state index contributed by atoms with van der Waals surface area (Å²) in [7, 11) is 0. The van der Waals surface area contributed by atoms with Gasteiger partial charge in [0, 0.05) is 0 Å². The minimum absolute atomic E-state index is 0.403. The zero-order valence-electron chi connectivity index (χ0n) is 13.1. The van der Waals surface area contributed by atoms with Crippen LogP contribution in [0.15, 0.2) is 73.4 Å². The molecule has 2 rings (SSSR count). The number of ether oxygens (including phenoxy) is 1. The van der Waals surface area contributed by atoms with E-state index in [4.69, 9.17) is 4.74 Å². The monoisotopic (exact) mass is 311 g/mol. The second-order valence-electron chi connectivity index (χ2n) is 5.27. The molecule has 120 valence electrons. The first-order chi connectivity index (χ1) is 11.1. The molecule has 0 aliphatic heterocycles. The van der Waals surface area contributed by atoms with Crippen LogP contribution in [0.2, 0.25) is 0 Å². The molecule has 0 bridgehead atoms. The standard InChI is InChI=1S/C19H21NO3/c1-3-20-14-15(2)23-18(21)19(22,16-10-6-4-7-11-16)17-12-8-5-9-13-17/h3-13,15,20,22H,1,14H2,2H3. The third-order valence-electron chi connectivity index (χ3n) is 3.54. The SMILES string of the molecule is C=CNCC(C)OC(=O)C(O)(c1ccccc1)c1ccccc1. The van der Waals surface area contributed by atoms with Gasteiger partial charge in [0.2, 0.25) is 5.60 Å². The Bertz CT molecular complexity index is 601. The summed E-state index contributed by atoms with van der Waals surface area (Å²) in [4.78, 5) is 12.7. The third-order valence-corrected chi connectivity index (χ3v) is 3.54. The first-order valence-electron chi connectivity index (χ1n) is 7.47. The van der Waals surface area contributed by atoms with Gasteiger partial charge in [-0.25, -0.2) is 4.79 Å². The van der Waals surface area contributed by atoms with Gasteiger partial charge in [-0.15, -0.1) is 0 Å². The van der Waals surface area contributed by atoms with E-state index in [1.54, 1.807) is 55.5 Å². The highest BCUT2D eigenvalue weighted by molar-refractivity contribution is 5.85. The molecule has 2 aromatic rings. The van der Waals surface area contributed by atoms with Crippen molar-refractivity contribution >= 4 is 5.97 Å². The summed E-state index contributed by atoms with van der Waals surface area (Å²) in [5.41, 5.74) is -0.898. The maximum atomic E-state index is 12.7. The average Bonchev–Trinajstić information content (AvgIpc) is 2.60. The highest BCUT2D eigenvalue weighted by Crippen LogP contribution is 2.31. The lowest BCUT2D eigenvalue weighted by Crippen LogP contribution is -2.41. The van der Waals surface area contributed by atoms with Crippen molar-refractivity contribution in [2.45, 2.75) is 18.6 Å². The van der Waals surface area contributed by atoms with Crippen molar-refractivity contribution in [2.24, 2.45) is 0 Å². The zero-order chi connectivity index (χ0) is 16.7. The summed E-state index contributed by atoms with van der Waals surface area (Å²) in [6.45, 7) is 5.74. The van der Waals surface area contributed by atoms with E-state index in [1.807, 2.05) is 12.1 Å². The van der Waals surface area contributed by atoms with Gasteiger partial charge >= 0.3 is 5.97 Å². The van der Waals surface area contributed by atoms with Gasteiger partial charge in [0.1, 0.15) is 6.10 Å². The Morgan fingerprint density at radius 2 is 1.65 bits per heavy atom. The number of hydrogen-bond acceptors (Lipinski definition) is 4. The van der Waals surface area contributed by atoms with Gasteiger partial charge in [-0.3, -0.25) is 0 Å². The number of aliphatic hydroxyl groups is 1. The predicted octanol–water partition coefficient (Wildman–Crippen LogP) is 2.59. The zero-order valence-corrected chi connectivity index (χ0v) is 13.1. The van der Waals surface area contributed by atoms with Crippen molar-refractivity contribution in [3.8, 4) is 0 Å². The Morgan fingerprint density at radius 3 is 2.09 bits per heavy atom. The van der Waals surface area contributed by atoms with Gasteiger partial charge in [0.15, 0.2) is 0 Å². The molecule has 4 nitrogen and oxygen atoms in total. The first-order valence-corrected chi connectivity index (χ1v) is 7.47. The second-order valence-corrected chi connectivity index (χ2v) is 5.27. The normalized spacial score (nSPS) is 12.3. The van der Waals surface area contributed by atoms with Crippen LogP contribution in [0.25, 0.3) is 0 Å². The lowest BCUT2D eigenvalue weighted by Gasteiger charge is -2.28. The van der Waals surface area contributed by atoms with Crippen LogP contribution in [-0.2, 0) is 15.1 Å². The molecule has 0 aromatic heterocycles. The minimum Gasteiger partial charge on any atom is -0.458 e. The summed E-state index contributed by atoms with van der Waals surface area (Å²) in [5, 5.41) is 14.1. The number of hydrogen-bond donors (Lipinski definition) is 2. The largest absolute Gasteiger partial charge is 0.458 e. The molecule has 0 amide bonds. The minimum atomic E-state index is -1.84. The van der Waals surface area contributed by atoms with Crippen LogP contribution >= 0.6 is 0 Å². The lowest BCUT2D eigenvalue weighted by molar-refractivity contribution is -0.166. The van der Waals surface area contributed by atoms with Gasteiger partial charge < -0.3 is 15.2 Å². The highest BCUT2D eigenvalue weighted by Gasteiger charge is 2.42. The Balaban J connectivity index is 2.35. The van der Waals surface area contributed by atoms with E-state index in [0.717, 1.165) is 0 Å². The van der Waals surface area contributed by atoms with Gasteiger partial charge in [-0.2, -0.15) is 0 Å². The van der Waals surface area contributed by atoms with E-state index in [2.05, 4.69) is 11.9 Å². The van der Waals surface area contributed by atoms with E-state index in [0.29, 0.717) is 17.7 Å². The molecular formula is C19H21NO3. The molecule has 0 aliphatic carbocycles. The van der Waals surface area contributed by atoms with E-state index >= 15 is 0 Å². The molecule has 2 N–H and O–H groups in total. The number of carbonyl (C=O) groups is 1. The maximum absolute atomic E-state index is 12.7. The summed E-state index contributed by atoms with van der Waals surface area (Å²) >= 11 is 0. The first kappa shape index (κ1) is 16.8. The molecule has 0 heterocycles. The molecule has 0 saturated heterocycles. The Morgan fingerprint density at radius 1 is 1.17 bits per heavy atom. The summed E-state index contributed by atoms with van der Waals surface area (Å²) in [5.74, 6) is -0.701. The molecule has 4 heteroatoms. The maximum Gasteiger partial charge on any atom is 0.348 e. The average molecular weight is 311 g/mol. The van der Waals surface area contributed by atoms with Gasteiger partial charge in [0.25, 0.3) is 0 Å². The quantitative estimate of drug-likeness (QED) is 0.772. The Labute approximate surface area is 136 Å². The lowest BCUT2D eigenvalue weighted by atomic mass is 9.86. The summed E-state index contributed by atoms with van der Waals surface area (Å²) in [6, 6.07) is 17.6. The molecule has 2 aromatic carbocycles. The van der Waals surface area contributed by atoms with Crippen LogP contribution in [0.5, 0.6) is 0 Å². The molecule has 0 aliphatic rings. The Hall–Kier alpha value is -2.59. The fraction of sp³-hybridized carbons (Fsp3) is 0.211. The van der Waals surface area contributed by atoms with Crippen molar-refractivity contribution in [2.75, 3.05) is 6.54 Å². The fourth-order valence-corrected chi connectivity index (χ4v) is 2.32. The molecule has 0 spiro atoms. The van der Waals surface area contributed by atoms with Gasteiger partial charge in [-0.1, -0.05) is 67.2 Å². The van der Waals surface area contributed by atoms with E-state index < -0.39 is 17.7 Å². The van der Waals surface area contributed by atoms with Gasteiger partial charge in [0.05, 0.1) is 6.54 Å². The number of rotatable bonds is 7. The smallest absolute Gasteiger partial charge is 0.348 e. The van der Waals surface area contributed by atoms with Crippen molar-refractivity contribution in [3.05, 3.63) is 84.6 Å². The van der Waals surface area contributed by atoms with Crippen LogP contribution in [0.3, 0.4) is 0 Å². The van der Waals surface area contributed by atoms with E-state index in [-0.39, 0.29) is 0 Å². The molecule has 1 unspecified atom stereocenters. The van der Waals surface area contributed by atoms with Crippen LogP contribution < -0.4 is 5.32 Å². The van der Waals surface area contributed by atoms with Crippen LogP contribution in [0.4, 0.5) is 0 Å². The van der Waals surface area contributed by atoms with Crippen LogP contribution in [-0.4, -0.2) is 23.7 Å².